The molecule has 6 nitrogen and oxygen atoms in total. The second-order valence-corrected chi connectivity index (χ2v) is 9.20. The Morgan fingerprint density at radius 2 is 2.04 bits per heavy atom. The molecule has 0 spiro atoms. The van der Waals surface area contributed by atoms with Gasteiger partial charge in [0.2, 0.25) is 5.91 Å². The Morgan fingerprint density at radius 3 is 2.72 bits per heavy atom. The van der Waals surface area contributed by atoms with Crippen LogP contribution in [0.1, 0.15) is 11.7 Å². The lowest BCUT2D eigenvalue weighted by Crippen LogP contribution is -2.46. The van der Waals surface area contributed by atoms with E-state index in [1.54, 1.807) is 4.90 Å². The highest BCUT2D eigenvalue weighted by Gasteiger charge is 2.26. The molecule has 1 aromatic carbocycles. The average Bonchev–Trinajstić information content (AvgIpc) is 3.08. The number of hydrogen-bond donors (Lipinski definition) is 1. The summed E-state index contributed by atoms with van der Waals surface area (Å²) in [6, 6.07) is 12.6. The fourth-order valence-corrected chi connectivity index (χ4v) is 5.03. The first-order valence-electron chi connectivity index (χ1n) is 7.65. The summed E-state index contributed by atoms with van der Waals surface area (Å²) in [6.07, 6.45) is -0.202. The number of nitrogens with zero attached hydrogens (tertiary/aromatic N) is 1. The highest BCUT2D eigenvalue weighted by Crippen LogP contribution is 2.25. The lowest BCUT2D eigenvalue weighted by atomic mass is 10.1. The zero-order valence-electron chi connectivity index (χ0n) is 13.2. The van der Waals surface area contributed by atoms with Crippen molar-refractivity contribution in [1.29, 1.82) is 0 Å². The fourth-order valence-electron chi connectivity index (χ4n) is 2.53. The maximum atomic E-state index is 12.4. The number of hydrogen-bond acceptors (Lipinski definition) is 5. The number of ether oxygens (including phenoxy) is 1. The van der Waals surface area contributed by atoms with E-state index < -0.39 is 10.0 Å². The van der Waals surface area contributed by atoms with Gasteiger partial charge in [-0.2, -0.15) is 0 Å². The number of amides is 1. The van der Waals surface area contributed by atoms with E-state index in [9.17, 15) is 13.2 Å². The predicted octanol–water partition coefficient (Wildman–Crippen LogP) is 2.28. The van der Waals surface area contributed by atoms with E-state index in [0.29, 0.717) is 24.0 Å². The molecule has 1 N–H and O–H groups in total. The highest BCUT2D eigenvalue weighted by atomic mass is 35.5. The Balaban J connectivity index is 1.59. The quantitative estimate of drug-likeness (QED) is 0.835. The van der Waals surface area contributed by atoms with Crippen LogP contribution in [0.15, 0.2) is 46.7 Å². The first-order valence-corrected chi connectivity index (χ1v) is 10.3. The number of carbonyl (C=O) groups is 1. The maximum Gasteiger partial charge on any atom is 0.250 e. The Morgan fingerprint density at radius 1 is 1.28 bits per heavy atom. The van der Waals surface area contributed by atoms with Crippen LogP contribution in [0.5, 0.6) is 0 Å². The van der Waals surface area contributed by atoms with Crippen molar-refractivity contribution < 1.29 is 17.9 Å². The van der Waals surface area contributed by atoms with Gasteiger partial charge < -0.3 is 9.64 Å². The van der Waals surface area contributed by atoms with Gasteiger partial charge in [0.25, 0.3) is 10.0 Å². The highest BCUT2D eigenvalue weighted by molar-refractivity contribution is 7.91. The van der Waals surface area contributed by atoms with Gasteiger partial charge in [0, 0.05) is 6.54 Å². The van der Waals surface area contributed by atoms with Gasteiger partial charge in [0.05, 0.1) is 24.0 Å². The molecular formula is C16H17ClN2O4S2. The minimum absolute atomic E-state index is 0.0921. The van der Waals surface area contributed by atoms with Gasteiger partial charge in [0.15, 0.2) is 0 Å². The monoisotopic (exact) mass is 400 g/mol. The van der Waals surface area contributed by atoms with Crippen LogP contribution in [0.2, 0.25) is 4.34 Å². The molecule has 25 heavy (non-hydrogen) atoms. The number of carbonyl (C=O) groups excluding carboxylic acids is 1. The summed E-state index contributed by atoms with van der Waals surface area (Å²) < 4.78 is 32.8. The lowest BCUT2D eigenvalue weighted by molar-refractivity contribution is -0.137. The van der Waals surface area contributed by atoms with Crippen molar-refractivity contribution in [1.82, 2.24) is 9.62 Å². The molecular weight excluding hydrogens is 384 g/mol. The Labute approximate surface area is 155 Å². The van der Waals surface area contributed by atoms with E-state index >= 15 is 0 Å². The van der Waals surface area contributed by atoms with Crippen LogP contribution in [0.4, 0.5) is 0 Å². The van der Waals surface area contributed by atoms with Gasteiger partial charge >= 0.3 is 0 Å². The van der Waals surface area contributed by atoms with Crippen molar-refractivity contribution in [3.8, 4) is 0 Å². The molecule has 1 saturated heterocycles. The molecule has 0 saturated carbocycles. The van der Waals surface area contributed by atoms with E-state index in [-0.39, 0.29) is 22.8 Å². The smallest absolute Gasteiger partial charge is 0.250 e. The van der Waals surface area contributed by atoms with Gasteiger partial charge in [-0.05, 0) is 17.7 Å². The van der Waals surface area contributed by atoms with Crippen molar-refractivity contribution >= 4 is 38.9 Å². The van der Waals surface area contributed by atoms with Gasteiger partial charge in [-0.25, -0.2) is 13.1 Å². The second kappa shape index (κ2) is 7.84. The van der Waals surface area contributed by atoms with E-state index in [2.05, 4.69) is 4.72 Å². The first-order chi connectivity index (χ1) is 12.0. The summed E-state index contributed by atoms with van der Waals surface area (Å²) in [5.41, 5.74) is 0.994. The lowest BCUT2D eigenvalue weighted by Gasteiger charge is -2.33. The fraction of sp³-hybridized carbons (Fsp3) is 0.312. The Bertz CT molecular complexity index is 839. The summed E-state index contributed by atoms with van der Waals surface area (Å²) in [6.45, 7) is 0.960. The molecule has 1 amide bonds. The largest absolute Gasteiger partial charge is 0.370 e. The third kappa shape index (κ3) is 4.59. The van der Waals surface area contributed by atoms with Crippen LogP contribution >= 0.6 is 22.9 Å². The number of nitrogens with one attached hydrogen (secondary N) is 1. The first kappa shape index (κ1) is 18.3. The van der Waals surface area contributed by atoms with Crippen molar-refractivity contribution in [3.05, 3.63) is 52.4 Å². The number of sulfonamides is 1. The van der Waals surface area contributed by atoms with Gasteiger partial charge in [-0.15, -0.1) is 11.3 Å². The third-order valence-electron chi connectivity index (χ3n) is 3.82. The van der Waals surface area contributed by atoms with Gasteiger partial charge in [-0.1, -0.05) is 41.9 Å². The van der Waals surface area contributed by atoms with Crippen LogP contribution in [-0.4, -0.2) is 45.5 Å². The number of thiophene rings is 1. The SMILES string of the molecule is O=C(CNS(=O)(=O)c1ccc(Cl)s1)N1CCOC(c2ccccc2)C1. The zero-order chi connectivity index (χ0) is 17.9. The van der Waals surface area contributed by atoms with Crippen molar-refractivity contribution in [2.75, 3.05) is 26.2 Å². The molecule has 1 unspecified atom stereocenters. The number of rotatable bonds is 5. The molecule has 2 aromatic rings. The average molecular weight is 401 g/mol. The molecule has 0 radical (unpaired) electrons. The summed E-state index contributed by atoms with van der Waals surface area (Å²) in [7, 11) is -3.73. The van der Waals surface area contributed by atoms with Crippen molar-refractivity contribution in [2.24, 2.45) is 0 Å². The molecule has 0 aliphatic carbocycles. The predicted molar refractivity (Wildman–Crippen MR) is 96.2 cm³/mol. The topological polar surface area (TPSA) is 75.7 Å². The third-order valence-corrected chi connectivity index (χ3v) is 6.94. The minimum Gasteiger partial charge on any atom is -0.370 e. The molecule has 1 aliphatic heterocycles. The molecule has 2 heterocycles. The molecule has 134 valence electrons. The number of halogens is 1. The summed E-state index contributed by atoms with van der Waals surface area (Å²) >= 11 is 6.71. The van der Waals surface area contributed by atoms with E-state index in [0.717, 1.165) is 16.9 Å². The Kier molecular flexibility index (Phi) is 5.75. The molecule has 0 bridgehead atoms. The molecule has 1 atom stereocenters. The second-order valence-electron chi connectivity index (χ2n) is 5.49. The molecule has 1 aromatic heterocycles. The minimum atomic E-state index is -3.73. The number of benzene rings is 1. The Hall–Kier alpha value is -1.45. The van der Waals surface area contributed by atoms with Gasteiger partial charge in [0.1, 0.15) is 10.3 Å². The van der Waals surface area contributed by atoms with Crippen LogP contribution in [0.25, 0.3) is 0 Å². The van der Waals surface area contributed by atoms with Gasteiger partial charge in [-0.3, -0.25) is 4.79 Å². The standard InChI is InChI=1S/C16H17ClN2O4S2/c17-14-6-7-16(24-14)25(21,22)18-10-15(20)19-8-9-23-13(11-19)12-4-2-1-3-5-12/h1-7,13,18H,8-11H2. The van der Waals surface area contributed by atoms with E-state index in [1.807, 2.05) is 30.3 Å². The zero-order valence-corrected chi connectivity index (χ0v) is 15.6. The molecule has 1 aliphatic rings. The summed E-state index contributed by atoms with van der Waals surface area (Å²) in [4.78, 5) is 14.0. The summed E-state index contributed by atoms with van der Waals surface area (Å²) in [5.74, 6) is -0.282. The van der Waals surface area contributed by atoms with Crippen LogP contribution in [-0.2, 0) is 19.6 Å². The van der Waals surface area contributed by atoms with Crippen molar-refractivity contribution in [3.63, 3.8) is 0 Å². The van der Waals surface area contributed by atoms with E-state index in [1.165, 1.54) is 12.1 Å². The maximum absolute atomic E-state index is 12.4. The molecule has 1 fully saturated rings. The van der Waals surface area contributed by atoms with Crippen LogP contribution in [0.3, 0.4) is 0 Å². The van der Waals surface area contributed by atoms with Crippen LogP contribution < -0.4 is 4.72 Å². The number of morpholine rings is 1. The molecule has 9 heteroatoms. The summed E-state index contributed by atoms with van der Waals surface area (Å²) in [5, 5.41) is 0. The van der Waals surface area contributed by atoms with Crippen LogP contribution in [0, 0.1) is 0 Å². The van der Waals surface area contributed by atoms with E-state index in [4.69, 9.17) is 16.3 Å². The van der Waals surface area contributed by atoms with Crippen molar-refractivity contribution in [2.45, 2.75) is 10.3 Å². The normalized spacial score (nSPS) is 18.3. The molecule has 3 rings (SSSR count).